The van der Waals surface area contributed by atoms with Crippen molar-refractivity contribution in [3.63, 3.8) is 0 Å². The first-order valence-corrected chi connectivity index (χ1v) is 9.95. The normalized spacial score (nSPS) is 13.3. The fourth-order valence-electron chi connectivity index (χ4n) is 2.65. The van der Waals surface area contributed by atoms with Crippen molar-refractivity contribution in [3.05, 3.63) is 41.5 Å². The van der Waals surface area contributed by atoms with Crippen LogP contribution in [0.1, 0.15) is 46.1 Å². The van der Waals surface area contributed by atoms with Crippen LogP contribution < -0.4 is 0 Å². The first-order valence-electron chi connectivity index (χ1n) is 8.51. The molecule has 0 aromatic heterocycles. The lowest BCUT2D eigenvalue weighted by atomic mass is 10.0. The lowest BCUT2D eigenvalue weighted by Crippen LogP contribution is -2.43. The molecule has 0 saturated heterocycles. The van der Waals surface area contributed by atoms with Crippen molar-refractivity contribution >= 4 is 10.0 Å². The van der Waals surface area contributed by atoms with Gasteiger partial charge in [-0.25, -0.2) is 8.42 Å². The van der Waals surface area contributed by atoms with Crippen molar-refractivity contribution in [3.8, 4) is 0 Å². The topological polar surface area (TPSA) is 57.6 Å². The zero-order chi connectivity index (χ0) is 18.3. The summed E-state index contributed by atoms with van der Waals surface area (Å²) in [5, 5.41) is 9.79. The van der Waals surface area contributed by atoms with Gasteiger partial charge in [0.05, 0.1) is 11.5 Å². The van der Waals surface area contributed by atoms with E-state index in [0.717, 1.165) is 11.1 Å². The van der Waals surface area contributed by atoms with Gasteiger partial charge in [0, 0.05) is 12.6 Å². The summed E-state index contributed by atoms with van der Waals surface area (Å²) < 4.78 is 27.7. The Bertz CT molecular complexity index is 629. The second-order valence-corrected chi connectivity index (χ2v) is 8.86. The summed E-state index contributed by atoms with van der Waals surface area (Å²) in [6.45, 7) is 10.2. The van der Waals surface area contributed by atoms with Gasteiger partial charge in [0.25, 0.3) is 0 Å². The number of rotatable bonds is 9. The predicted octanol–water partition coefficient (Wildman–Crippen LogP) is 3.75. The highest BCUT2D eigenvalue weighted by Crippen LogP contribution is 2.23. The van der Waals surface area contributed by atoms with Crippen molar-refractivity contribution in [2.24, 2.45) is 5.92 Å². The van der Waals surface area contributed by atoms with Crippen LogP contribution in [0.2, 0.25) is 0 Å². The standard InChI is InChI=1S/C19H31NO3S/c1-15(2)7-6-12-20(18(14-21)13-16(3)4)24(22,23)19-10-8-17(5)9-11-19/h7-11,16,18,21H,6,12-14H2,1-5H3/t18-/m0/s1. The molecule has 0 spiro atoms. The number of allylic oxidation sites excluding steroid dienone is 1. The fourth-order valence-corrected chi connectivity index (χ4v) is 4.29. The minimum atomic E-state index is -3.63. The number of hydrogen-bond donors (Lipinski definition) is 1. The third-order valence-electron chi connectivity index (χ3n) is 3.89. The zero-order valence-electron chi connectivity index (χ0n) is 15.5. The van der Waals surface area contributed by atoms with Crippen LogP contribution >= 0.6 is 0 Å². The second-order valence-electron chi connectivity index (χ2n) is 6.96. The third kappa shape index (κ3) is 6.04. The Morgan fingerprint density at radius 3 is 2.25 bits per heavy atom. The Hall–Kier alpha value is -1.17. The molecule has 1 aromatic carbocycles. The number of nitrogens with zero attached hydrogens (tertiary/aromatic N) is 1. The van der Waals surface area contributed by atoms with Gasteiger partial charge in [-0.15, -0.1) is 0 Å². The maximum absolute atomic E-state index is 13.1. The molecule has 0 heterocycles. The molecule has 1 aromatic rings. The number of hydrogen-bond acceptors (Lipinski definition) is 3. The Balaban J connectivity index is 3.17. The third-order valence-corrected chi connectivity index (χ3v) is 5.86. The van der Waals surface area contributed by atoms with Gasteiger partial charge in [0.1, 0.15) is 0 Å². The molecule has 136 valence electrons. The fraction of sp³-hybridized carbons (Fsp3) is 0.579. The quantitative estimate of drug-likeness (QED) is 0.688. The molecular weight excluding hydrogens is 322 g/mol. The van der Waals surface area contributed by atoms with Crippen LogP contribution in [0.4, 0.5) is 0 Å². The number of benzene rings is 1. The molecule has 1 rings (SSSR count). The smallest absolute Gasteiger partial charge is 0.243 e. The highest BCUT2D eigenvalue weighted by molar-refractivity contribution is 7.89. The molecule has 4 nitrogen and oxygen atoms in total. The van der Waals surface area contributed by atoms with Crippen LogP contribution in [0.15, 0.2) is 40.8 Å². The predicted molar refractivity (Wildman–Crippen MR) is 99.4 cm³/mol. The highest BCUT2D eigenvalue weighted by atomic mass is 32.2. The lowest BCUT2D eigenvalue weighted by Gasteiger charge is -2.30. The van der Waals surface area contributed by atoms with Crippen molar-refractivity contribution in [1.82, 2.24) is 4.31 Å². The summed E-state index contributed by atoms with van der Waals surface area (Å²) in [5.41, 5.74) is 2.18. The second kappa shape index (κ2) is 9.35. The first kappa shape index (κ1) is 20.9. The van der Waals surface area contributed by atoms with Crippen LogP contribution in [0, 0.1) is 12.8 Å². The Kier molecular flexibility index (Phi) is 8.13. The highest BCUT2D eigenvalue weighted by Gasteiger charge is 2.31. The monoisotopic (exact) mass is 353 g/mol. The summed E-state index contributed by atoms with van der Waals surface area (Å²) >= 11 is 0. The number of aliphatic hydroxyl groups is 1. The van der Waals surface area contributed by atoms with Gasteiger partial charge in [0.2, 0.25) is 10.0 Å². The Morgan fingerprint density at radius 2 is 1.79 bits per heavy atom. The molecule has 0 unspecified atom stereocenters. The van der Waals surface area contributed by atoms with Gasteiger partial charge in [-0.05, 0) is 51.7 Å². The molecular formula is C19H31NO3S. The van der Waals surface area contributed by atoms with Crippen LogP contribution in [-0.2, 0) is 10.0 Å². The molecule has 24 heavy (non-hydrogen) atoms. The van der Waals surface area contributed by atoms with Gasteiger partial charge in [0.15, 0.2) is 0 Å². The average Bonchev–Trinajstić information content (AvgIpc) is 2.49. The Labute approximate surface area is 147 Å². The van der Waals surface area contributed by atoms with E-state index < -0.39 is 16.1 Å². The van der Waals surface area contributed by atoms with E-state index in [1.54, 1.807) is 24.3 Å². The maximum Gasteiger partial charge on any atom is 0.243 e. The summed E-state index contributed by atoms with van der Waals surface area (Å²) in [7, 11) is -3.63. The zero-order valence-corrected chi connectivity index (χ0v) is 16.3. The molecule has 0 saturated carbocycles. The van der Waals surface area contributed by atoms with Gasteiger partial charge in [-0.1, -0.05) is 43.2 Å². The van der Waals surface area contributed by atoms with E-state index in [-0.39, 0.29) is 11.5 Å². The minimum Gasteiger partial charge on any atom is -0.395 e. The van der Waals surface area contributed by atoms with Crippen molar-refractivity contribution in [1.29, 1.82) is 0 Å². The van der Waals surface area contributed by atoms with E-state index in [2.05, 4.69) is 0 Å². The first-order chi connectivity index (χ1) is 11.2. The van der Waals surface area contributed by atoms with E-state index in [1.807, 2.05) is 40.7 Å². The number of aliphatic hydroxyl groups excluding tert-OH is 1. The molecule has 1 N–H and O–H groups in total. The lowest BCUT2D eigenvalue weighted by molar-refractivity contribution is 0.169. The number of aryl methyl sites for hydroxylation is 1. The minimum absolute atomic E-state index is 0.169. The van der Waals surface area contributed by atoms with E-state index in [4.69, 9.17) is 0 Å². The summed E-state index contributed by atoms with van der Waals surface area (Å²) in [5.74, 6) is 0.307. The van der Waals surface area contributed by atoms with Crippen LogP contribution in [0.25, 0.3) is 0 Å². The summed E-state index contributed by atoms with van der Waals surface area (Å²) in [4.78, 5) is 0.285. The Morgan fingerprint density at radius 1 is 1.21 bits per heavy atom. The van der Waals surface area contributed by atoms with Gasteiger partial charge in [-0.3, -0.25) is 0 Å². The SMILES string of the molecule is CC(C)=CCCN([C@H](CO)CC(C)C)S(=O)(=O)c1ccc(C)cc1. The molecule has 5 heteroatoms. The van der Waals surface area contributed by atoms with E-state index in [1.165, 1.54) is 4.31 Å². The molecule has 0 aliphatic heterocycles. The largest absolute Gasteiger partial charge is 0.395 e. The number of sulfonamides is 1. The molecule has 0 radical (unpaired) electrons. The average molecular weight is 354 g/mol. The molecule has 1 atom stereocenters. The van der Waals surface area contributed by atoms with Crippen molar-refractivity contribution in [2.75, 3.05) is 13.2 Å². The van der Waals surface area contributed by atoms with Crippen molar-refractivity contribution < 1.29 is 13.5 Å². The summed E-state index contributed by atoms with van der Waals surface area (Å²) in [6.07, 6.45) is 3.31. The molecule has 0 amide bonds. The summed E-state index contributed by atoms with van der Waals surface area (Å²) in [6, 6.07) is 6.49. The van der Waals surface area contributed by atoms with Gasteiger partial charge < -0.3 is 5.11 Å². The van der Waals surface area contributed by atoms with E-state index >= 15 is 0 Å². The van der Waals surface area contributed by atoms with Crippen LogP contribution in [-0.4, -0.2) is 37.0 Å². The molecule has 0 aliphatic carbocycles. The maximum atomic E-state index is 13.1. The van der Waals surface area contributed by atoms with Crippen LogP contribution in [0.5, 0.6) is 0 Å². The van der Waals surface area contributed by atoms with Gasteiger partial charge >= 0.3 is 0 Å². The van der Waals surface area contributed by atoms with E-state index in [0.29, 0.717) is 25.3 Å². The molecule has 0 aliphatic rings. The van der Waals surface area contributed by atoms with Crippen molar-refractivity contribution in [2.45, 2.75) is 58.4 Å². The van der Waals surface area contributed by atoms with E-state index in [9.17, 15) is 13.5 Å². The molecule has 0 bridgehead atoms. The molecule has 0 fully saturated rings. The van der Waals surface area contributed by atoms with Gasteiger partial charge in [-0.2, -0.15) is 4.31 Å². The van der Waals surface area contributed by atoms with Crippen LogP contribution in [0.3, 0.4) is 0 Å².